The predicted octanol–water partition coefficient (Wildman–Crippen LogP) is 4.89. The van der Waals surface area contributed by atoms with Crippen LogP contribution in [0.25, 0.3) is 0 Å². The van der Waals surface area contributed by atoms with Gasteiger partial charge in [-0.05, 0) is 82.4 Å². The number of amides is 1. The molecule has 0 spiro atoms. The van der Waals surface area contributed by atoms with Crippen LogP contribution in [0.3, 0.4) is 0 Å². The van der Waals surface area contributed by atoms with E-state index in [2.05, 4.69) is 31.0 Å². The standard InChI is InChI=1S/C25H35N3O3/c1-18(2)28-16-22(26-17-28)25(29)27-12-10-19(11-13-27)14-20-8-9-23(30-3)24(15-20)31-21-6-4-5-7-21/h8-9,15-19,21H,4-7,10-14H2,1-3H3. The lowest BCUT2D eigenvalue weighted by Gasteiger charge is -2.31. The first kappa shape index (κ1) is 21.7. The molecule has 1 aromatic carbocycles. The van der Waals surface area contributed by atoms with Crippen molar-refractivity contribution in [3.05, 3.63) is 42.0 Å². The van der Waals surface area contributed by atoms with Crippen LogP contribution in [0.1, 0.15) is 74.5 Å². The first-order valence-corrected chi connectivity index (χ1v) is 11.7. The van der Waals surface area contributed by atoms with Gasteiger partial charge in [0.05, 0.1) is 19.5 Å². The van der Waals surface area contributed by atoms with Gasteiger partial charge in [-0.25, -0.2) is 4.98 Å². The molecule has 2 heterocycles. The molecule has 1 saturated heterocycles. The summed E-state index contributed by atoms with van der Waals surface area (Å²) in [4.78, 5) is 19.1. The fourth-order valence-electron chi connectivity index (χ4n) is 4.69. The molecule has 0 N–H and O–H groups in total. The molecule has 31 heavy (non-hydrogen) atoms. The van der Waals surface area contributed by atoms with E-state index in [9.17, 15) is 4.79 Å². The molecule has 0 atom stereocenters. The van der Waals surface area contributed by atoms with Crippen LogP contribution in [0.5, 0.6) is 11.5 Å². The number of nitrogens with zero attached hydrogens (tertiary/aromatic N) is 3. The van der Waals surface area contributed by atoms with Crippen LogP contribution in [0.2, 0.25) is 0 Å². The molecule has 2 aliphatic rings. The second kappa shape index (κ2) is 9.75. The molecular formula is C25H35N3O3. The number of hydrogen-bond acceptors (Lipinski definition) is 4. The van der Waals surface area contributed by atoms with Gasteiger partial charge in [-0.15, -0.1) is 0 Å². The van der Waals surface area contributed by atoms with Gasteiger partial charge in [-0.1, -0.05) is 6.07 Å². The molecule has 1 aliphatic carbocycles. The molecule has 4 rings (SSSR count). The molecule has 0 bridgehead atoms. The number of ether oxygens (including phenoxy) is 2. The van der Waals surface area contributed by atoms with Crippen molar-refractivity contribution < 1.29 is 14.3 Å². The predicted molar refractivity (Wildman–Crippen MR) is 121 cm³/mol. The minimum absolute atomic E-state index is 0.0505. The smallest absolute Gasteiger partial charge is 0.274 e. The summed E-state index contributed by atoms with van der Waals surface area (Å²) in [6, 6.07) is 6.65. The summed E-state index contributed by atoms with van der Waals surface area (Å²) in [6.07, 6.45) is 11.7. The van der Waals surface area contributed by atoms with Crippen LogP contribution in [0.4, 0.5) is 0 Å². The third-order valence-corrected chi connectivity index (χ3v) is 6.67. The van der Waals surface area contributed by atoms with Crippen LogP contribution in [0, 0.1) is 5.92 Å². The zero-order valence-corrected chi connectivity index (χ0v) is 19.0. The molecule has 1 saturated carbocycles. The van der Waals surface area contributed by atoms with E-state index in [1.165, 1.54) is 18.4 Å². The van der Waals surface area contributed by atoms with E-state index in [-0.39, 0.29) is 5.91 Å². The van der Waals surface area contributed by atoms with Crippen LogP contribution in [-0.2, 0) is 6.42 Å². The number of methoxy groups -OCH3 is 1. The summed E-state index contributed by atoms with van der Waals surface area (Å²) >= 11 is 0. The van der Waals surface area contributed by atoms with Crippen molar-refractivity contribution in [2.75, 3.05) is 20.2 Å². The summed E-state index contributed by atoms with van der Waals surface area (Å²) in [5.41, 5.74) is 1.84. The molecule has 6 heteroatoms. The van der Waals surface area contributed by atoms with Gasteiger partial charge < -0.3 is 18.9 Å². The molecule has 1 amide bonds. The number of hydrogen-bond donors (Lipinski definition) is 0. The summed E-state index contributed by atoms with van der Waals surface area (Å²) in [5.74, 6) is 2.32. The molecule has 168 valence electrons. The highest BCUT2D eigenvalue weighted by Crippen LogP contribution is 2.34. The molecule has 1 aromatic heterocycles. The summed E-state index contributed by atoms with van der Waals surface area (Å²) in [6.45, 7) is 5.76. The number of rotatable bonds is 7. The van der Waals surface area contributed by atoms with E-state index in [4.69, 9.17) is 9.47 Å². The Morgan fingerprint density at radius 2 is 1.87 bits per heavy atom. The zero-order chi connectivity index (χ0) is 21.8. The minimum Gasteiger partial charge on any atom is -0.493 e. The number of aromatic nitrogens is 2. The van der Waals surface area contributed by atoms with E-state index in [1.54, 1.807) is 13.4 Å². The molecule has 1 aliphatic heterocycles. The lowest BCUT2D eigenvalue weighted by Crippen LogP contribution is -2.39. The summed E-state index contributed by atoms with van der Waals surface area (Å²) < 4.78 is 13.8. The van der Waals surface area contributed by atoms with E-state index in [1.807, 2.05) is 21.7 Å². The highest BCUT2D eigenvalue weighted by atomic mass is 16.5. The highest BCUT2D eigenvalue weighted by Gasteiger charge is 2.26. The Kier molecular flexibility index (Phi) is 6.83. The van der Waals surface area contributed by atoms with E-state index >= 15 is 0 Å². The van der Waals surface area contributed by atoms with Crippen molar-refractivity contribution in [1.82, 2.24) is 14.5 Å². The van der Waals surface area contributed by atoms with Gasteiger partial charge in [0, 0.05) is 25.3 Å². The Morgan fingerprint density at radius 3 is 2.52 bits per heavy atom. The number of imidazole rings is 1. The maximum Gasteiger partial charge on any atom is 0.274 e. The fourth-order valence-corrected chi connectivity index (χ4v) is 4.69. The van der Waals surface area contributed by atoms with Crippen LogP contribution >= 0.6 is 0 Å². The normalized spacial score (nSPS) is 18.0. The SMILES string of the molecule is COc1ccc(CC2CCN(C(=O)c3cn(C(C)C)cn3)CC2)cc1OC1CCCC1. The maximum atomic E-state index is 12.8. The monoisotopic (exact) mass is 425 g/mol. The van der Waals surface area contributed by atoms with Crippen molar-refractivity contribution >= 4 is 5.91 Å². The van der Waals surface area contributed by atoms with Gasteiger partial charge in [-0.2, -0.15) is 0 Å². The lowest BCUT2D eigenvalue weighted by atomic mass is 9.90. The van der Waals surface area contributed by atoms with Crippen molar-refractivity contribution in [1.29, 1.82) is 0 Å². The number of piperidine rings is 1. The molecule has 6 nitrogen and oxygen atoms in total. The Labute approximate surface area is 185 Å². The van der Waals surface area contributed by atoms with Gasteiger partial charge in [-0.3, -0.25) is 4.79 Å². The Hall–Kier alpha value is -2.50. The second-order valence-corrected chi connectivity index (χ2v) is 9.25. The average Bonchev–Trinajstić information content (AvgIpc) is 3.46. The molecule has 0 unspecified atom stereocenters. The number of carbonyl (C=O) groups excluding carboxylic acids is 1. The molecule has 2 aromatic rings. The second-order valence-electron chi connectivity index (χ2n) is 9.25. The number of carbonyl (C=O) groups is 1. The largest absolute Gasteiger partial charge is 0.493 e. The topological polar surface area (TPSA) is 56.6 Å². The summed E-state index contributed by atoms with van der Waals surface area (Å²) in [5, 5.41) is 0. The van der Waals surface area contributed by atoms with E-state index in [0.29, 0.717) is 23.8 Å². The van der Waals surface area contributed by atoms with Gasteiger partial charge >= 0.3 is 0 Å². The van der Waals surface area contributed by atoms with Crippen molar-refractivity contribution in [2.24, 2.45) is 5.92 Å². The molecular weight excluding hydrogens is 390 g/mol. The zero-order valence-electron chi connectivity index (χ0n) is 19.0. The van der Waals surface area contributed by atoms with E-state index < -0.39 is 0 Å². The quantitative estimate of drug-likeness (QED) is 0.634. The Balaban J connectivity index is 1.33. The molecule has 0 radical (unpaired) electrons. The van der Waals surface area contributed by atoms with Gasteiger partial charge in [0.15, 0.2) is 11.5 Å². The Morgan fingerprint density at radius 1 is 1.13 bits per heavy atom. The first-order valence-electron chi connectivity index (χ1n) is 11.7. The van der Waals surface area contributed by atoms with Crippen molar-refractivity contribution in [3.63, 3.8) is 0 Å². The number of likely N-dealkylation sites (tertiary alicyclic amines) is 1. The minimum atomic E-state index is 0.0505. The van der Waals surface area contributed by atoms with Crippen LogP contribution in [-0.4, -0.2) is 46.7 Å². The maximum absolute atomic E-state index is 12.8. The van der Waals surface area contributed by atoms with Gasteiger partial charge in [0.1, 0.15) is 5.69 Å². The van der Waals surface area contributed by atoms with Gasteiger partial charge in [0.2, 0.25) is 0 Å². The van der Waals surface area contributed by atoms with Crippen LogP contribution in [0.15, 0.2) is 30.7 Å². The van der Waals surface area contributed by atoms with Gasteiger partial charge in [0.25, 0.3) is 5.91 Å². The average molecular weight is 426 g/mol. The molecule has 2 fully saturated rings. The third kappa shape index (κ3) is 5.23. The first-order chi connectivity index (χ1) is 15.0. The van der Waals surface area contributed by atoms with Crippen LogP contribution < -0.4 is 9.47 Å². The third-order valence-electron chi connectivity index (χ3n) is 6.67. The number of benzene rings is 1. The van der Waals surface area contributed by atoms with Crippen molar-refractivity contribution in [2.45, 2.75) is 70.9 Å². The van der Waals surface area contributed by atoms with Crippen molar-refractivity contribution in [3.8, 4) is 11.5 Å². The summed E-state index contributed by atoms with van der Waals surface area (Å²) in [7, 11) is 1.70. The Bertz CT molecular complexity index is 878. The van der Waals surface area contributed by atoms with E-state index in [0.717, 1.165) is 56.7 Å². The highest BCUT2D eigenvalue weighted by molar-refractivity contribution is 5.92. The lowest BCUT2D eigenvalue weighted by molar-refractivity contribution is 0.0685. The fraction of sp³-hybridized carbons (Fsp3) is 0.600.